The van der Waals surface area contributed by atoms with Crippen molar-refractivity contribution in [2.45, 2.75) is 26.9 Å². The molecule has 0 amide bonds. The molecule has 0 aliphatic rings. The van der Waals surface area contributed by atoms with Gasteiger partial charge in [-0.25, -0.2) is 15.8 Å². The van der Waals surface area contributed by atoms with Gasteiger partial charge in [-0.2, -0.15) is 0 Å². The van der Waals surface area contributed by atoms with Crippen molar-refractivity contribution in [1.29, 1.82) is 0 Å². The first-order valence-corrected chi connectivity index (χ1v) is 6.37. The second kappa shape index (κ2) is 5.39. The average molecular weight is 252 g/mol. The molecule has 0 saturated carbocycles. The maximum atomic E-state index is 5.47. The summed E-state index contributed by atoms with van der Waals surface area (Å²) in [6, 6.07) is 2.03. The smallest absolute Gasteiger partial charge is 0.158 e. The Hall–Kier alpha value is -1.24. The average Bonchev–Trinajstić information content (AvgIpc) is 2.68. The van der Waals surface area contributed by atoms with Gasteiger partial charge in [-0.3, -0.25) is 0 Å². The summed E-state index contributed by atoms with van der Waals surface area (Å²) in [5.74, 6) is 6.80. The molecule has 0 atom stereocenters. The molecule has 2 aromatic rings. The number of hydrogen-bond acceptors (Lipinski definition) is 6. The standard InChI is InChI=1S/C11H16N4OS/c1-3-4-16-6-9-13-10(15-12)8-5-7(2)17-11(8)14-9/h5H,3-4,6,12H2,1-2H3,(H,13,14,15). The second-order valence-electron chi connectivity index (χ2n) is 3.76. The van der Waals surface area contributed by atoms with E-state index in [1.54, 1.807) is 11.3 Å². The Bertz CT molecular complexity index is 511. The zero-order valence-corrected chi connectivity index (χ0v) is 10.8. The van der Waals surface area contributed by atoms with E-state index in [1.807, 2.05) is 13.0 Å². The molecule has 0 unspecified atom stereocenters. The van der Waals surface area contributed by atoms with E-state index in [0.717, 1.165) is 23.2 Å². The van der Waals surface area contributed by atoms with Crippen molar-refractivity contribution < 1.29 is 4.74 Å². The molecule has 0 spiro atoms. The molecule has 2 heterocycles. The lowest BCUT2D eigenvalue weighted by Gasteiger charge is -2.05. The predicted octanol–water partition coefficient (Wildman–Crippen LogP) is 2.21. The van der Waals surface area contributed by atoms with Gasteiger partial charge in [-0.1, -0.05) is 6.92 Å². The highest BCUT2D eigenvalue weighted by molar-refractivity contribution is 7.18. The first-order chi connectivity index (χ1) is 8.24. The Morgan fingerprint density at radius 3 is 3.00 bits per heavy atom. The number of nitrogens with zero attached hydrogens (tertiary/aromatic N) is 2. The van der Waals surface area contributed by atoms with E-state index in [2.05, 4.69) is 22.3 Å². The van der Waals surface area contributed by atoms with Crippen LogP contribution in [0.5, 0.6) is 0 Å². The van der Waals surface area contributed by atoms with Crippen LogP contribution in [0.1, 0.15) is 24.0 Å². The Kier molecular flexibility index (Phi) is 3.88. The van der Waals surface area contributed by atoms with Gasteiger partial charge in [0.2, 0.25) is 0 Å². The number of nitrogen functional groups attached to an aromatic ring is 1. The third-order valence-corrected chi connectivity index (χ3v) is 3.22. The minimum absolute atomic E-state index is 0.426. The van der Waals surface area contributed by atoms with Crippen LogP contribution in [0, 0.1) is 6.92 Å². The molecule has 0 fully saturated rings. The summed E-state index contributed by atoms with van der Waals surface area (Å²) in [5.41, 5.74) is 2.61. The molecular weight excluding hydrogens is 236 g/mol. The molecule has 0 saturated heterocycles. The summed E-state index contributed by atoms with van der Waals surface area (Å²) in [4.78, 5) is 10.9. The predicted molar refractivity (Wildman–Crippen MR) is 69.9 cm³/mol. The number of aryl methyl sites for hydroxylation is 1. The van der Waals surface area contributed by atoms with Gasteiger partial charge in [0.05, 0.1) is 5.39 Å². The van der Waals surface area contributed by atoms with Crippen LogP contribution >= 0.6 is 11.3 Å². The molecule has 5 nitrogen and oxygen atoms in total. The number of anilines is 1. The van der Waals surface area contributed by atoms with Crippen LogP contribution in [-0.4, -0.2) is 16.6 Å². The van der Waals surface area contributed by atoms with Crippen molar-refractivity contribution >= 4 is 27.4 Å². The van der Waals surface area contributed by atoms with Crippen LogP contribution in [0.4, 0.5) is 5.82 Å². The van der Waals surface area contributed by atoms with E-state index < -0.39 is 0 Å². The minimum Gasteiger partial charge on any atom is -0.373 e. The number of ether oxygens (including phenoxy) is 1. The molecular formula is C11H16N4OS. The van der Waals surface area contributed by atoms with Crippen LogP contribution in [-0.2, 0) is 11.3 Å². The monoisotopic (exact) mass is 252 g/mol. The number of hydrogen-bond donors (Lipinski definition) is 2. The van der Waals surface area contributed by atoms with Gasteiger partial charge in [0.25, 0.3) is 0 Å². The summed E-state index contributed by atoms with van der Waals surface area (Å²) in [6.07, 6.45) is 0.988. The van der Waals surface area contributed by atoms with Crippen molar-refractivity contribution in [1.82, 2.24) is 9.97 Å². The fraction of sp³-hybridized carbons (Fsp3) is 0.455. The van der Waals surface area contributed by atoms with Gasteiger partial charge in [-0.05, 0) is 19.4 Å². The van der Waals surface area contributed by atoms with Gasteiger partial charge in [-0.15, -0.1) is 11.3 Å². The van der Waals surface area contributed by atoms with Crippen molar-refractivity contribution in [3.8, 4) is 0 Å². The first kappa shape index (κ1) is 12.2. The number of nitrogens with two attached hydrogens (primary N) is 1. The zero-order chi connectivity index (χ0) is 12.3. The van der Waals surface area contributed by atoms with Crippen LogP contribution in [0.25, 0.3) is 10.2 Å². The van der Waals surface area contributed by atoms with Crippen molar-refractivity contribution in [3.05, 3.63) is 16.8 Å². The molecule has 17 heavy (non-hydrogen) atoms. The lowest BCUT2D eigenvalue weighted by molar-refractivity contribution is 0.116. The summed E-state index contributed by atoms with van der Waals surface area (Å²) >= 11 is 1.63. The van der Waals surface area contributed by atoms with Crippen molar-refractivity contribution in [2.24, 2.45) is 5.84 Å². The molecule has 6 heteroatoms. The van der Waals surface area contributed by atoms with E-state index in [1.165, 1.54) is 4.88 Å². The molecule has 0 radical (unpaired) electrons. The lowest BCUT2D eigenvalue weighted by atomic mass is 10.3. The summed E-state index contributed by atoms with van der Waals surface area (Å²) in [5, 5.41) is 0.967. The molecule has 3 N–H and O–H groups in total. The maximum absolute atomic E-state index is 5.47. The highest BCUT2D eigenvalue weighted by Crippen LogP contribution is 2.27. The van der Waals surface area contributed by atoms with Crippen LogP contribution < -0.4 is 11.3 Å². The van der Waals surface area contributed by atoms with E-state index in [-0.39, 0.29) is 0 Å². The number of thiophene rings is 1. The highest BCUT2D eigenvalue weighted by atomic mass is 32.1. The quantitative estimate of drug-likeness (QED) is 0.485. The third-order valence-electron chi connectivity index (χ3n) is 2.28. The van der Waals surface area contributed by atoms with Crippen LogP contribution in [0.15, 0.2) is 6.07 Å². The SMILES string of the molecule is CCCOCc1nc(NN)c2cc(C)sc2n1. The van der Waals surface area contributed by atoms with Gasteiger partial charge < -0.3 is 10.2 Å². The molecule has 92 valence electrons. The molecule has 0 aliphatic carbocycles. The zero-order valence-electron chi connectivity index (χ0n) is 9.99. The molecule has 0 aromatic carbocycles. The van der Waals surface area contributed by atoms with E-state index in [4.69, 9.17) is 10.6 Å². The van der Waals surface area contributed by atoms with Gasteiger partial charge in [0, 0.05) is 11.5 Å². The Morgan fingerprint density at radius 1 is 1.47 bits per heavy atom. The van der Waals surface area contributed by atoms with E-state index in [0.29, 0.717) is 18.2 Å². The van der Waals surface area contributed by atoms with Gasteiger partial charge >= 0.3 is 0 Å². The Balaban J connectivity index is 2.31. The molecule has 2 rings (SSSR count). The molecule has 2 aromatic heterocycles. The fourth-order valence-electron chi connectivity index (χ4n) is 1.57. The van der Waals surface area contributed by atoms with Crippen LogP contribution in [0.2, 0.25) is 0 Å². The van der Waals surface area contributed by atoms with Crippen molar-refractivity contribution in [2.75, 3.05) is 12.0 Å². The summed E-state index contributed by atoms with van der Waals surface area (Å²) in [7, 11) is 0. The fourth-order valence-corrected chi connectivity index (χ4v) is 2.47. The number of aromatic nitrogens is 2. The lowest BCUT2D eigenvalue weighted by Crippen LogP contribution is -2.11. The first-order valence-electron chi connectivity index (χ1n) is 5.56. The van der Waals surface area contributed by atoms with E-state index >= 15 is 0 Å². The number of nitrogens with one attached hydrogen (secondary N) is 1. The van der Waals surface area contributed by atoms with Crippen molar-refractivity contribution in [3.63, 3.8) is 0 Å². The second-order valence-corrected chi connectivity index (χ2v) is 5.00. The summed E-state index contributed by atoms with van der Waals surface area (Å²) in [6.45, 7) is 5.26. The van der Waals surface area contributed by atoms with E-state index in [9.17, 15) is 0 Å². The highest BCUT2D eigenvalue weighted by Gasteiger charge is 2.09. The topological polar surface area (TPSA) is 73.1 Å². The maximum Gasteiger partial charge on any atom is 0.158 e. The molecule has 0 bridgehead atoms. The minimum atomic E-state index is 0.426. The molecule has 0 aliphatic heterocycles. The summed E-state index contributed by atoms with van der Waals surface area (Å²) < 4.78 is 5.44. The third kappa shape index (κ3) is 2.71. The Labute approximate surface area is 104 Å². The van der Waals surface area contributed by atoms with Gasteiger partial charge in [0.1, 0.15) is 11.4 Å². The largest absolute Gasteiger partial charge is 0.373 e. The van der Waals surface area contributed by atoms with Gasteiger partial charge in [0.15, 0.2) is 11.6 Å². The number of rotatable bonds is 5. The Morgan fingerprint density at radius 2 is 2.29 bits per heavy atom. The van der Waals surface area contributed by atoms with Crippen LogP contribution in [0.3, 0.4) is 0 Å². The number of fused-ring (bicyclic) bond motifs is 1. The number of hydrazine groups is 1. The normalized spacial score (nSPS) is 11.0.